The average molecular weight is 268 g/mol. The second-order valence-electron chi connectivity index (χ2n) is 3.56. The van der Waals surface area contributed by atoms with Crippen LogP contribution in [-0.4, -0.2) is 20.2 Å². The van der Waals surface area contributed by atoms with Crippen molar-refractivity contribution in [2.24, 2.45) is 5.73 Å². The van der Waals surface area contributed by atoms with Gasteiger partial charge in [-0.25, -0.2) is 8.42 Å². The maximum atomic E-state index is 11.6. The van der Waals surface area contributed by atoms with Gasteiger partial charge in [-0.1, -0.05) is 11.6 Å². The third-order valence-corrected chi connectivity index (χ3v) is 4.90. The number of nitrogens with two attached hydrogens (primary N) is 1. The Morgan fingerprint density at radius 1 is 1.53 bits per heavy atom. The molecule has 1 heterocycles. The zero-order valence-electron chi connectivity index (χ0n) is 8.44. The molecule has 0 amide bonds. The van der Waals surface area contributed by atoms with Gasteiger partial charge in [0.15, 0.2) is 9.84 Å². The highest BCUT2D eigenvalue weighted by Crippen LogP contribution is 2.23. The van der Waals surface area contributed by atoms with Crippen molar-refractivity contribution in [3.63, 3.8) is 0 Å². The summed E-state index contributed by atoms with van der Waals surface area (Å²) in [7, 11) is -3.04. The van der Waals surface area contributed by atoms with Crippen molar-refractivity contribution < 1.29 is 8.42 Å². The summed E-state index contributed by atoms with van der Waals surface area (Å²) in [5.74, 6) is 0.206. The summed E-state index contributed by atoms with van der Waals surface area (Å²) in [6, 6.07) is 3.38. The van der Waals surface area contributed by atoms with E-state index in [1.54, 1.807) is 19.1 Å². The molecule has 0 spiro atoms. The lowest BCUT2D eigenvalue weighted by atomic mass is 10.3. The summed E-state index contributed by atoms with van der Waals surface area (Å²) in [6.07, 6.45) is 0.501. The normalized spacial score (nSPS) is 14.1. The van der Waals surface area contributed by atoms with E-state index in [1.807, 2.05) is 0 Å². The fraction of sp³-hybridized carbons (Fsp3) is 0.556. The molecule has 1 aromatic heterocycles. The second kappa shape index (κ2) is 5.30. The van der Waals surface area contributed by atoms with Gasteiger partial charge in [-0.2, -0.15) is 0 Å². The Labute approximate surface area is 99.2 Å². The molecule has 1 unspecified atom stereocenters. The second-order valence-corrected chi connectivity index (χ2v) is 7.55. The molecule has 0 bridgehead atoms. The highest BCUT2D eigenvalue weighted by molar-refractivity contribution is 7.90. The topological polar surface area (TPSA) is 60.2 Å². The third kappa shape index (κ3) is 4.97. The molecule has 0 aliphatic carbocycles. The van der Waals surface area contributed by atoms with E-state index in [-0.39, 0.29) is 17.5 Å². The minimum atomic E-state index is -3.04. The van der Waals surface area contributed by atoms with Gasteiger partial charge in [0.25, 0.3) is 0 Å². The Morgan fingerprint density at radius 2 is 2.20 bits per heavy atom. The van der Waals surface area contributed by atoms with Crippen LogP contribution in [0.3, 0.4) is 0 Å². The maximum absolute atomic E-state index is 11.6. The van der Waals surface area contributed by atoms with E-state index < -0.39 is 9.84 Å². The molecule has 3 nitrogen and oxygen atoms in total. The molecular formula is C9H14ClNO2S2. The van der Waals surface area contributed by atoms with Gasteiger partial charge in [0.05, 0.1) is 15.8 Å². The Hall–Kier alpha value is -0.100. The van der Waals surface area contributed by atoms with Crippen molar-refractivity contribution in [2.45, 2.75) is 25.1 Å². The lowest BCUT2D eigenvalue weighted by molar-refractivity contribution is 0.587. The number of sulfone groups is 1. The molecule has 1 aromatic rings. The minimum absolute atomic E-state index is 0.0666. The van der Waals surface area contributed by atoms with Crippen molar-refractivity contribution in [3.05, 3.63) is 21.3 Å². The maximum Gasteiger partial charge on any atom is 0.155 e. The third-order valence-electron chi connectivity index (χ3n) is 1.88. The predicted molar refractivity (Wildman–Crippen MR) is 65.1 cm³/mol. The Morgan fingerprint density at radius 3 is 2.67 bits per heavy atom. The van der Waals surface area contributed by atoms with Gasteiger partial charge in [-0.15, -0.1) is 11.3 Å². The van der Waals surface area contributed by atoms with E-state index in [0.29, 0.717) is 10.8 Å². The van der Waals surface area contributed by atoms with Crippen LogP contribution < -0.4 is 5.73 Å². The zero-order chi connectivity index (χ0) is 11.5. The molecule has 6 heteroatoms. The number of hydrogen-bond donors (Lipinski definition) is 1. The van der Waals surface area contributed by atoms with Crippen molar-refractivity contribution in [1.82, 2.24) is 0 Å². The lowest BCUT2D eigenvalue weighted by Gasteiger charge is -2.05. The Kier molecular flexibility index (Phi) is 4.58. The van der Waals surface area contributed by atoms with E-state index in [0.717, 1.165) is 4.88 Å². The number of thiophene rings is 1. The largest absolute Gasteiger partial charge is 0.328 e. The van der Waals surface area contributed by atoms with Gasteiger partial charge in [0.1, 0.15) is 0 Å². The molecule has 0 radical (unpaired) electrons. The standard InChI is InChI=1S/C9H14ClNO2S2/c1-7(11)4-5-15(12,13)6-8-2-3-9(10)14-8/h2-3,7H,4-6,11H2,1H3. The summed E-state index contributed by atoms with van der Waals surface area (Å²) in [5, 5.41) is 0. The molecule has 15 heavy (non-hydrogen) atoms. The first-order valence-corrected chi connectivity index (χ1v) is 7.61. The molecule has 0 aliphatic heterocycles. The van der Waals surface area contributed by atoms with Crippen LogP contribution in [-0.2, 0) is 15.6 Å². The Bertz CT molecular complexity index is 412. The van der Waals surface area contributed by atoms with Crippen molar-refractivity contribution in [3.8, 4) is 0 Å². The fourth-order valence-corrected chi connectivity index (χ4v) is 4.15. The lowest BCUT2D eigenvalue weighted by Crippen LogP contribution is -2.20. The first-order valence-electron chi connectivity index (χ1n) is 4.59. The van der Waals surface area contributed by atoms with Crippen molar-refractivity contribution in [1.29, 1.82) is 0 Å². The first-order chi connectivity index (χ1) is 6.89. The molecule has 2 N–H and O–H groups in total. The van der Waals surface area contributed by atoms with Crippen LogP contribution in [0.5, 0.6) is 0 Å². The van der Waals surface area contributed by atoms with Crippen molar-refractivity contribution in [2.75, 3.05) is 5.75 Å². The molecule has 86 valence electrons. The highest BCUT2D eigenvalue weighted by atomic mass is 35.5. The SMILES string of the molecule is CC(N)CCS(=O)(=O)Cc1ccc(Cl)s1. The summed E-state index contributed by atoms with van der Waals surface area (Å²) in [6.45, 7) is 1.80. The van der Waals surface area contributed by atoms with Crippen LogP contribution in [0, 0.1) is 0 Å². The van der Waals surface area contributed by atoms with Gasteiger partial charge < -0.3 is 5.73 Å². The molecule has 1 atom stereocenters. The highest BCUT2D eigenvalue weighted by Gasteiger charge is 2.14. The molecule has 0 aromatic carbocycles. The molecule has 0 fully saturated rings. The zero-order valence-corrected chi connectivity index (χ0v) is 10.8. The summed E-state index contributed by atoms with van der Waals surface area (Å²) in [4.78, 5) is 0.782. The fourth-order valence-electron chi connectivity index (χ4n) is 1.08. The first kappa shape index (κ1) is 13.0. The molecule has 0 saturated heterocycles. The van der Waals surface area contributed by atoms with Gasteiger partial charge in [0.2, 0.25) is 0 Å². The minimum Gasteiger partial charge on any atom is -0.328 e. The summed E-state index contributed by atoms with van der Waals surface area (Å²) in [5.41, 5.74) is 5.51. The quantitative estimate of drug-likeness (QED) is 0.888. The summed E-state index contributed by atoms with van der Waals surface area (Å²) >= 11 is 7.02. The molecule has 0 saturated carbocycles. The van der Waals surface area contributed by atoms with Crippen LogP contribution >= 0.6 is 22.9 Å². The van der Waals surface area contributed by atoms with Gasteiger partial charge in [-0.3, -0.25) is 0 Å². The number of hydrogen-bond acceptors (Lipinski definition) is 4. The van der Waals surface area contributed by atoms with Crippen LogP contribution in [0.2, 0.25) is 4.34 Å². The van der Waals surface area contributed by atoms with E-state index in [1.165, 1.54) is 11.3 Å². The van der Waals surface area contributed by atoms with Crippen LogP contribution in [0.4, 0.5) is 0 Å². The monoisotopic (exact) mass is 267 g/mol. The van der Waals surface area contributed by atoms with E-state index in [9.17, 15) is 8.42 Å². The average Bonchev–Trinajstić information content (AvgIpc) is 2.47. The number of rotatable bonds is 5. The molecule has 0 aliphatic rings. The van der Waals surface area contributed by atoms with Gasteiger partial charge in [-0.05, 0) is 25.5 Å². The molecule has 1 rings (SSSR count). The van der Waals surface area contributed by atoms with E-state index in [4.69, 9.17) is 17.3 Å². The van der Waals surface area contributed by atoms with Crippen LogP contribution in [0.25, 0.3) is 0 Å². The Balaban J connectivity index is 2.57. The van der Waals surface area contributed by atoms with Crippen molar-refractivity contribution >= 4 is 32.8 Å². The van der Waals surface area contributed by atoms with Gasteiger partial charge in [0, 0.05) is 10.9 Å². The van der Waals surface area contributed by atoms with Crippen LogP contribution in [0.15, 0.2) is 12.1 Å². The van der Waals surface area contributed by atoms with Gasteiger partial charge >= 0.3 is 0 Å². The predicted octanol–water partition coefficient (Wildman–Crippen LogP) is 2.05. The van der Waals surface area contributed by atoms with E-state index in [2.05, 4.69) is 0 Å². The smallest absolute Gasteiger partial charge is 0.155 e. The summed E-state index contributed by atoms with van der Waals surface area (Å²) < 4.78 is 23.9. The van der Waals surface area contributed by atoms with E-state index >= 15 is 0 Å². The molecular weight excluding hydrogens is 254 g/mol. The van der Waals surface area contributed by atoms with Crippen LogP contribution in [0.1, 0.15) is 18.2 Å². The number of halogens is 1.